The predicted octanol–water partition coefficient (Wildman–Crippen LogP) is 2.31. The summed E-state index contributed by atoms with van der Waals surface area (Å²) >= 11 is 0. The summed E-state index contributed by atoms with van der Waals surface area (Å²) in [5.41, 5.74) is 8.08. The molecule has 0 saturated heterocycles. The maximum absolute atomic E-state index is 11.1. The molecule has 4 heteroatoms. The topological polar surface area (TPSA) is 53.2 Å². The summed E-state index contributed by atoms with van der Waals surface area (Å²) in [6.45, 7) is 9.69. The van der Waals surface area contributed by atoms with E-state index in [1.165, 1.54) is 5.56 Å². The molecule has 0 heterocycles. The van der Waals surface area contributed by atoms with Crippen molar-refractivity contribution in [1.82, 2.24) is 16.2 Å². The first-order valence-corrected chi connectivity index (χ1v) is 6.29. The van der Waals surface area contributed by atoms with Crippen molar-refractivity contribution in [2.75, 3.05) is 6.54 Å². The molecule has 100 valence electrons. The summed E-state index contributed by atoms with van der Waals surface area (Å²) in [5, 5.41) is 2.65. The van der Waals surface area contributed by atoms with Crippen molar-refractivity contribution in [3.05, 3.63) is 35.4 Å². The molecule has 0 radical (unpaired) electrons. The zero-order valence-electron chi connectivity index (χ0n) is 11.6. The van der Waals surface area contributed by atoms with Gasteiger partial charge in [-0.3, -0.25) is 5.43 Å². The average molecular weight is 249 g/mol. The minimum Gasteiger partial charge on any atom is -0.337 e. The van der Waals surface area contributed by atoms with Crippen LogP contribution in [0.1, 0.15) is 38.8 Å². The summed E-state index contributed by atoms with van der Waals surface area (Å²) in [7, 11) is 0. The van der Waals surface area contributed by atoms with Gasteiger partial charge >= 0.3 is 6.03 Å². The van der Waals surface area contributed by atoms with Gasteiger partial charge in [-0.1, -0.05) is 45.0 Å². The van der Waals surface area contributed by atoms with Gasteiger partial charge in [0.15, 0.2) is 0 Å². The first-order valence-electron chi connectivity index (χ1n) is 6.29. The largest absolute Gasteiger partial charge is 0.337 e. The quantitative estimate of drug-likeness (QED) is 0.717. The number of benzene rings is 1. The zero-order valence-corrected chi connectivity index (χ0v) is 11.6. The number of nitrogens with one attached hydrogen (secondary N) is 3. The lowest BCUT2D eigenvalue weighted by atomic mass is 9.87. The second-order valence-electron chi connectivity index (χ2n) is 5.28. The van der Waals surface area contributed by atoms with Gasteiger partial charge in [-0.15, -0.1) is 0 Å². The third-order valence-electron chi connectivity index (χ3n) is 2.65. The molecule has 0 unspecified atom stereocenters. The molecular formula is C14H23N3O. The van der Waals surface area contributed by atoms with Crippen molar-refractivity contribution in [2.45, 2.75) is 39.7 Å². The van der Waals surface area contributed by atoms with Gasteiger partial charge in [0.05, 0.1) is 0 Å². The van der Waals surface area contributed by atoms with E-state index < -0.39 is 0 Å². The molecule has 3 N–H and O–H groups in total. The van der Waals surface area contributed by atoms with Gasteiger partial charge in [0.2, 0.25) is 0 Å². The number of rotatable bonds is 4. The van der Waals surface area contributed by atoms with Crippen molar-refractivity contribution in [3.8, 4) is 0 Å². The van der Waals surface area contributed by atoms with Gasteiger partial charge in [-0.2, -0.15) is 0 Å². The normalized spacial score (nSPS) is 11.1. The second kappa shape index (κ2) is 6.40. The molecule has 0 spiro atoms. The molecular weight excluding hydrogens is 226 g/mol. The zero-order chi connectivity index (χ0) is 13.6. The van der Waals surface area contributed by atoms with Crippen LogP contribution in [-0.2, 0) is 12.0 Å². The number of hydrogen-bond donors (Lipinski definition) is 3. The van der Waals surface area contributed by atoms with Gasteiger partial charge in [0.25, 0.3) is 0 Å². The van der Waals surface area contributed by atoms with E-state index in [1.54, 1.807) is 0 Å². The lowest BCUT2D eigenvalue weighted by Gasteiger charge is -2.19. The lowest BCUT2D eigenvalue weighted by Crippen LogP contribution is -2.43. The van der Waals surface area contributed by atoms with Gasteiger partial charge in [0.1, 0.15) is 0 Å². The smallest absolute Gasteiger partial charge is 0.329 e. The Labute approximate surface area is 109 Å². The summed E-state index contributed by atoms with van der Waals surface area (Å²) in [6.07, 6.45) is 0. The molecule has 1 rings (SSSR count). The Hall–Kier alpha value is -1.55. The Bertz CT molecular complexity index is 379. The number of carbonyl (C=O) groups is 1. The monoisotopic (exact) mass is 249 g/mol. The van der Waals surface area contributed by atoms with Crippen molar-refractivity contribution in [1.29, 1.82) is 0 Å². The maximum Gasteiger partial charge on any atom is 0.329 e. The summed E-state index contributed by atoms with van der Waals surface area (Å²) < 4.78 is 0. The Morgan fingerprint density at radius 1 is 1.17 bits per heavy atom. The third-order valence-corrected chi connectivity index (χ3v) is 2.65. The Kier molecular flexibility index (Phi) is 5.16. The predicted molar refractivity (Wildman–Crippen MR) is 74.2 cm³/mol. The van der Waals surface area contributed by atoms with E-state index in [1.807, 2.05) is 6.92 Å². The molecule has 4 nitrogen and oxygen atoms in total. The van der Waals surface area contributed by atoms with Crippen LogP contribution in [-0.4, -0.2) is 12.6 Å². The number of amides is 2. The average Bonchev–Trinajstić information content (AvgIpc) is 2.29. The minimum atomic E-state index is -0.205. The minimum absolute atomic E-state index is 0.172. The number of hydrazine groups is 1. The maximum atomic E-state index is 11.1. The van der Waals surface area contributed by atoms with Gasteiger partial charge in [-0.25, -0.2) is 10.2 Å². The van der Waals surface area contributed by atoms with Crippen LogP contribution in [0.5, 0.6) is 0 Å². The Morgan fingerprint density at radius 2 is 1.78 bits per heavy atom. The summed E-state index contributed by atoms with van der Waals surface area (Å²) in [6, 6.07) is 8.20. The highest BCUT2D eigenvalue weighted by molar-refractivity contribution is 5.73. The fraction of sp³-hybridized carbons (Fsp3) is 0.500. The highest BCUT2D eigenvalue weighted by Gasteiger charge is 2.12. The fourth-order valence-electron chi connectivity index (χ4n) is 1.55. The Balaban J connectivity index is 2.42. The summed E-state index contributed by atoms with van der Waals surface area (Å²) in [4.78, 5) is 11.1. The van der Waals surface area contributed by atoms with Crippen LogP contribution in [0.2, 0.25) is 0 Å². The fourth-order valence-corrected chi connectivity index (χ4v) is 1.55. The number of urea groups is 1. The SMILES string of the molecule is CCNC(=O)NNCc1ccc(C(C)(C)C)cc1. The number of carbonyl (C=O) groups excluding carboxylic acids is 1. The van der Waals surface area contributed by atoms with Crippen LogP contribution in [0.3, 0.4) is 0 Å². The third kappa shape index (κ3) is 4.75. The highest BCUT2D eigenvalue weighted by Crippen LogP contribution is 2.21. The van der Waals surface area contributed by atoms with Gasteiger partial charge in [-0.05, 0) is 23.5 Å². The van der Waals surface area contributed by atoms with Crippen molar-refractivity contribution in [2.24, 2.45) is 0 Å². The molecule has 0 aromatic heterocycles. The molecule has 0 fully saturated rings. The lowest BCUT2D eigenvalue weighted by molar-refractivity contribution is 0.237. The second-order valence-corrected chi connectivity index (χ2v) is 5.28. The number of hydrogen-bond acceptors (Lipinski definition) is 2. The van der Waals surface area contributed by atoms with Crippen LogP contribution in [0.15, 0.2) is 24.3 Å². The van der Waals surface area contributed by atoms with Crippen LogP contribution in [0.4, 0.5) is 4.79 Å². The van der Waals surface area contributed by atoms with Crippen molar-refractivity contribution >= 4 is 6.03 Å². The first-order chi connectivity index (χ1) is 8.43. The van der Waals surface area contributed by atoms with Crippen LogP contribution < -0.4 is 16.2 Å². The molecule has 0 aliphatic heterocycles. The standard InChI is InChI=1S/C14H23N3O/c1-5-15-13(18)17-16-10-11-6-8-12(9-7-11)14(2,3)4/h6-9,16H,5,10H2,1-4H3,(H2,15,17,18). The molecule has 1 aromatic carbocycles. The van der Waals surface area contributed by atoms with Crippen molar-refractivity contribution in [3.63, 3.8) is 0 Å². The molecule has 0 atom stereocenters. The van der Waals surface area contributed by atoms with Crippen LogP contribution in [0, 0.1) is 0 Å². The van der Waals surface area contributed by atoms with Gasteiger partial charge < -0.3 is 5.32 Å². The van der Waals surface area contributed by atoms with E-state index >= 15 is 0 Å². The summed E-state index contributed by atoms with van der Waals surface area (Å²) in [5.74, 6) is 0. The molecule has 18 heavy (non-hydrogen) atoms. The van der Waals surface area contributed by atoms with Gasteiger partial charge in [0, 0.05) is 13.1 Å². The molecule has 0 saturated carbocycles. The van der Waals surface area contributed by atoms with Crippen LogP contribution >= 0.6 is 0 Å². The van der Waals surface area contributed by atoms with E-state index in [2.05, 4.69) is 61.2 Å². The van der Waals surface area contributed by atoms with E-state index in [-0.39, 0.29) is 11.4 Å². The van der Waals surface area contributed by atoms with Crippen LogP contribution in [0.25, 0.3) is 0 Å². The van der Waals surface area contributed by atoms with E-state index in [9.17, 15) is 4.79 Å². The highest BCUT2D eigenvalue weighted by atomic mass is 16.2. The Morgan fingerprint density at radius 3 is 2.28 bits per heavy atom. The molecule has 0 aliphatic carbocycles. The molecule has 0 bridgehead atoms. The molecule has 1 aromatic rings. The first kappa shape index (κ1) is 14.5. The molecule has 2 amide bonds. The van der Waals surface area contributed by atoms with Crippen molar-refractivity contribution < 1.29 is 4.79 Å². The van der Waals surface area contributed by atoms with E-state index in [4.69, 9.17) is 0 Å². The van der Waals surface area contributed by atoms with E-state index in [0.717, 1.165) is 5.56 Å². The van der Waals surface area contributed by atoms with E-state index in [0.29, 0.717) is 13.1 Å². The molecule has 0 aliphatic rings.